The van der Waals surface area contributed by atoms with E-state index < -0.39 is 0 Å². The number of methoxy groups -OCH3 is 1. The SMILES string of the molecule is COc1ccccc1NC(=O)[C@H](C)N[C@H](C)c1ccco1. The van der Waals surface area contributed by atoms with Gasteiger partial charge in [-0.25, -0.2) is 0 Å². The summed E-state index contributed by atoms with van der Waals surface area (Å²) in [4.78, 5) is 12.2. The molecule has 0 saturated heterocycles. The highest BCUT2D eigenvalue weighted by molar-refractivity contribution is 5.95. The number of furan rings is 1. The Morgan fingerprint density at radius 2 is 1.95 bits per heavy atom. The lowest BCUT2D eigenvalue weighted by molar-refractivity contribution is -0.118. The van der Waals surface area contributed by atoms with Crippen LogP contribution in [-0.4, -0.2) is 19.1 Å². The van der Waals surface area contributed by atoms with Crippen molar-refractivity contribution in [2.75, 3.05) is 12.4 Å². The van der Waals surface area contributed by atoms with E-state index in [1.807, 2.05) is 38.1 Å². The molecule has 2 N–H and O–H groups in total. The molecule has 1 heterocycles. The van der Waals surface area contributed by atoms with E-state index in [9.17, 15) is 4.79 Å². The number of anilines is 1. The number of nitrogens with one attached hydrogen (secondary N) is 2. The highest BCUT2D eigenvalue weighted by Gasteiger charge is 2.18. The van der Waals surface area contributed by atoms with E-state index in [2.05, 4.69) is 10.6 Å². The quantitative estimate of drug-likeness (QED) is 0.857. The van der Waals surface area contributed by atoms with Gasteiger partial charge in [0.1, 0.15) is 11.5 Å². The van der Waals surface area contributed by atoms with Gasteiger partial charge in [0, 0.05) is 0 Å². The third-order valence-electron chi connectivity index (χ3n) is 3.23. The van der Waals surface area contributed by atoms with Crippen molar-refractivity contribution in [3.05, 3.63) is 48.4 Å². The van der Waals surface area contributed by atoms with E-state index >= 15 is 0 Å². The Balaban J connectivity index is 1.96. The van der Waals surface area contributed by atoms with Crippen LogP contribution < -0.4 is 15.4 Å². The molecule has 0 saturated carbocycles. The van der Waals surface area contributed by atoms with Crippen LogP contribution in [0.5, 0.6) is 5.75 Å². The number of hydrogen-bond donors (Lipinski definition) is 2. The van der Waals surface area contributed by atoms with Crippen LogP contribution in [0.3, 0.4) is 0 Å². The first-order valence-corrected chi connectivity index (χ1v) is 6.85. The minimum Gasteiger partial charge on any atom is -0.495 e. The smallest absolute Gasteiger partial charge is 0.241 e. The van der Waals surface area contributed by atoms with Gasteiger partial charge in [-0.15, -0.1) is 0 Å². The molecule has 1 aromatic carbocycles. The predicted molar refractivity (Wildman–Crippen MR) is 81.3 cm³/mol. The minimum absolute atomic E-state index is 0.0431. The van der Waals surface area contributed by atoms with Gasteiger partial charge in [-0.3, -0.25) is 10.1 Å². The lowest BCUT2D eigenvalue weighted by atomic mass is 10.2. The Hall–Kier alpha value is -2.27. The Kier molecular flexibility index (Phi) is 5.00. The third kappa shape index (κ3) is 3.86. The molecule has 0 spiro atoms. The fourth-order valence-corrected chi connectivity index (χ4v) is 2.06. The summed E-state index contributed by atoms with van der Waals surface area (Å²) in [7, 11) is 1.58. The van der Waals surface area contributed by atoms with E-state index in [1.54, 1.807) is 25.5 Å². The normalized spacial score (nSPS) is 13.5. The van der Waals surface area contributed by atoms with Crippen LogP contribution in [0.4, 0.5) is 5.69 Å². The van der Waals surface area contributed by atoms with Crippen LogP contribution in [0, 0.1) is 0 Å². The second-order valence-electron chi connectivity index (χ2n) is 4.81. The summed E-state index contributed by atoms with van der Waals surface area (Å²) in [5.74, 6) is 1.31. The van der Waals surface area contributed by atoms with Gasteiger partial charge in [0.15, 0.2) is 0 Å². The summed E-state index contributed by atoms with van der Waals surface area (Å²) in [5, 5.41) is 6.05. The van der Waals surface area contributed by atoms with Crippen molar-refractivity contribution in [2.24, 2.45) is 0 Å². The first-order valence-electron chi connectivity index (χ1n) is 6.85. The number of hydrogen-bond acceptors (Lipinski definition) is 4. The Labute approximate surface area is 124 Å². The molecule has 0 aliphatic heterocycles. The van der Waals surface area contributed by atoms with Crippen LogP contribution in [-0.2, 0) is 4.79 Å². The first-order chi connectivity index (χ1) is 10.1. The average molecular weight is 288 g/mol. The van der Waals surface area contributed by atoms with E-state index in [0.717, 1.165) is 5.76 Å². The third-order valence-corrected chi connectivity index (χ3v) is 3.23. The summed E-state index contributed by atoms with van der Waals surface area (Å²) in [5.41, 5.74) is 0.657. The van der Waals surface area contributed by atoms with Crippen molar-refractivity contribution in [3.63, 3.8) is 0 Å². The molecule has 5 nitrogen and oxygen atoms in total. The van der Waals surface area contributed by atoms with Crippen LogP contribution in [0.2, 0.25) is 0 Å². The summed E-state index contributed by atoms with van der Waals surface area (Å²) in [6.45, 7) is 3.76. The molecule has 0 bridgehead atoms. The zero-order chi connectivity index (χ0) is 15.2. The lowest BCUT2D eigenvalue weighted by Crippen LogP contribution is -2.39. The number of ether oxygens (including phenoxy) is 1. The summed E-state index contributed by atoms with van der Waals surface area (Å²) < 4.78 is 10.5. The van der Waals surface area contributed by atoms with Gasteiger partial charge in [-0.1, -0.05) is 12.1 Å². The van der Waals surface area contributed by atoms with E-state index in [-0.39, 0.29) is 18.0 Å². The van der Waals surface area contributed by atoms with E-state index in [4.69, 9.17) is 9.15 Å². The molecule has 0 aliphatic rings. The highest BCUT2D eigenvalue weighted by Crippen LogP contribution is 2.23. The molecular formula is C16H20N2O3. The lowest BCUT2D eigenvalue weighted by Gasteiger charge is -2.19. The second-order valence-corrected chi connectivity index (χ2v) is 4.81. The van der Waals surface area contributed by atoms with Gasteiger partial charge in [-0.05, 0) is 38.1 Å². The molecule has 0 fully saturated rings. The highest BCUT2D eigenvalue weighted by atomic mass is 16.5. The fraction of sp³-hybridized carbons (Fsp3) is 0.312. The van der Waals surface area contributed by atoms with Crippen molar-refractivity contribution in [3.8, 4) is 5.75 Å². The number of carbonyl (C=O) groups excluding carboxylic acids is 1. The summed E-state index contributed by atoms with van der Waals surface area (Å²) >= 11 is 0. The topological polar surface area (TPSA) is 63.5 Å². The molecule has 2 aromatic rings. The number of rotatable bonds is 6. The van der Waals surface area contributed by atoms with Gasteiger partial charge >= 0.3 is 0 Å². The minimum atomic E-state index is -0.366. The van der Waals surface area contributed by atoms with Gasteiger partial charge in [0.05, 0.1) is 31.1 Å². The molecular weight excluding hydrogens is 268 g/mol. The fourth-order valence-electron chi connectivity index (χ4n) is 2.06. The zero-order valence-electron chi connectivity index (χ0n) is 12.4. The molecule has 0 aliphatic carbocycles. The molecule has 112 valence electrons. The Bertz CT molecular complexity index is 581. The van der Waals surface area contributed by atoms with Gasteiger partial charge < -0.3 is 14.5 Å². The van der Waals surface area contributed by atoms with E-state index in [0.29, 0.717) is 11.4 Å². The predicted octanol–water partition coefficient (Wildman–Crippen LogP) is 2.97. The average Bonchev–Trinajstić information content (AvgIpc) is 3.02. The molecule has 1 amide bonds. The standard InChI is InChI=1S/C16H20N2O3/c1-11(14-9-6-10-21-14)17-12(2)16(19)18-13-7-4-5-8-15(13)20-3/h4-12,17H,1-3H3,(H,18,19)/t11-,12+/m1/s1. The maximum absolute atomic E-state index is 12.2. The monoisotopic (exact) mass is 288 g/mol. The van der Waals surface area contributed by atoms with Crippen LogP contribution in [0.1, 0.15) is 25.6 Å². The van der Waals surface area contributed by atoms with Crippen molar-refractivity contribution in [2.45, 2.75) is 25.9 Å². The summed E-state index contributed by atoms with van der Waals surface area (Å²) in [6.07, 6.45) is 1.62. The Morgan fingerprint density at radius 3 is 2.62 bits per heavy atom. The van der Waals surface area contributed by atoms with Crippen molar-refractivity contribution in [1.82, 2.24) is 5.32 Å². The molecule has 2 rings (SSSR count). The maximum Gasteiger partial charge on any atom is 0.241 e. The van der Waals surface area contributed by atoms with Crippen molar-refractivity contribution in [1.29, 1.82) is 0 Å². The van der Waals surface area contributed by atoms with Crippen LogP contribution in [0.15, 0.2) is 47.1 Å². The first kappa shape index (κ1) is 15.1. The number of carbonyl (C=O) groups is 1. The Morgan fingerprint density at radius 1 is 1.19 bits per heavy atom. The van der Waals surface area contributed by atoms with Gasteiger partial charge in [-0.2, -0.15) is 0 Å². The second kappa shape index (κ2) is 6.95. The number of benzene rings is 1. The molecule has 0 radical (unpaired) electrons. The van der Waals surface area contributed by atoms with Crippen molar-refractivity contribution < 1.29 is 13.9 Å². The molecule has 0 unspecified atom stereocenters. The largest absolute Gasteiger partial charge is 0.495 e. The number of amides is 1. The van der Waals surface area contributed by atoms with Crippen LogP contribution in [0.25, 0.3) is 0 Å². The van der Waals surface area contributed by atoms with Crippen LogP contribution >= 0.6 is 0 Å². The van der Waals surface area contributed by atoms with E-state index in [1.165, 1.54) is 0 Å². The summed E-state index contributed by atoms with van der Waals surface area (Å²) in [6, 6.07) is 10.6. The van der Waals surface area contributed by atoms with Gasteiger partial charge in [0.25, 0.3) is 0 Å². The molecule has 5 heteroatoms. The maximum atomic E-state index is 12.2. The van der Waals surface area contributed by atoms with Gasteiger partial charge in [0.2, 0.25) is 5.91 Å². The zero-order valence-corrected chi connectivity index (χ0v) is 12.4. The number of para-hydroxylation sites is 2. The molecule has 1 aromatic heterocycles. The molecule has 2 atom stereocenters. The van der Waals surface area contributed by atoms with Crippen molar-refractivity contribution >= 4 is 11.6 Å². The molecule has 21 heavy (non-hydrogen) atoms.